The summed E-state index contributed by atoms with van der Waals surface area (Å²) in [4.78, 5) is 38.1. The van der Waals surface area contributed by atoms with Crippen molar-refractivity contribution in [1.29, 1.82) is 0 Å². The first-order valence-electron chi connectivity index (χ1n) is 12.6. The number of fused-ring (bicyclic) bond motifs is 3. The number of hydrogen-bond donors (Lipinski definition) is 2. The molecule has 0 spiro atoms. The Morgan fingerprint density at radius 1 is 1.03 bits per heavy atom. The number of carbonyl (C=O) groups excluding carboxylic acids is 2. The molecule has 5 rings (SSSR count). The van der Waals surface area contributed by atoms with Crippen LogP contribution >= 0.6 is 0 Å². The number of nitrogens with zero attached hydrogens (tertiary/aromatic N) is 1. The van der Waals surface area contributed by atoms with E-state index >= 15 is 0 Å². The number of amides is 2. The zero-order valence-electron chi connectivity index (χ0n) is 19.8. The number of rotatable bonds is 8. The van der Waals surface area contributed by atoms with Gasteiger partial charge in [-0.15, -0.1) is 0 Å². The Kier molecular flexibility index (Phi) is 6.75. The van der Waals surface area contributed by atoms with Gasteiger partial charge < -0.3 is 20.1 Å². The molecule has 7 nitrogen and oxygen atoms in total. The average molecular weight is 477 g/mol. The maximum Gasteiger partial charge on any atom is 0.407 e. The Balaban J connectivity index is 1.07. The molecule has 2 amide bonds. The highest BCUT2D eigenvalue weighted by molar-refractivity contribution is 5.82. The molecule has 1 saturated heterocycles. The number of nitrogens with one attached hydrogen (secondary N) is 1. The van der Waals surface area contributed by atoms with E-state index < -0.39 is 12.1 Å². The summed E-state index contributed by atoms with van der Waals surface area (Å²) >= 11 is 0. The molecule has 2 fully saturated rings. The summed E-state index contributed by atoms with van der Waals surface area (Å²) in [6.45, 7) is 2.10. The molecule has 3 atom stereocenters. The minimum absolute atomic E-state index is 0.0246. The Morgan fingerprint density at radius 3 is 2.40 bits per heavy atom. The molecule has 0 bridgehead atoms. The molecule has 35 heavy (non-hydrogen) atoms. The van der Waals surface area contributed by atoms with Crippen molar-refractivity contribution in [3.05, 3.63) is 59.7 Å². The third-order valence-corrected chi connectivity index (χ3v) is 7.69. The van der Waals surface area contributed by atoms with Gasteiger partial charge >= 0.3 is 12.1 Å². The van der Waals surface area contributed by atoms with Gasteiger partial charge in [-0.2, -0.15) is 0 Å². The Labute approximate surface area is 205 Å². The number of ether oxygens (including phenoxy) is 1. The van der Waals surface area contributed by atoms with Gasteiger partial charge in [0.1, 0.15) is 6.61 Å². The molecule has 2 N–H and O–H groups in total. The van der Waals surface area contributed by atoms with E-state index in [1.165, 1.54) is 22.3 Å². The number of likely N-dealkylation sites (tertiary alicyclic amines) is 1. The van der Waals surface area contributed by atoms with E-state index in [0.717, 1.165) is 25.8 Å². The number of alkyl carbamates (subject to hydrolysis) is 1. The molecule has 0 radical (unpaired) electrons. The zero-order valence-corrected chi connectivity index (χ0v) is 19.8. The summed E-state index contributed by atoms with van der Waals surface area (Å²) < 4.78 is 5.60. The van der Waals surface area contributed by atoms with Crippen LogP contribution in [0.25, 0.3) is 11.1 Å². The molecule has 3 aliphatic rings. The van der Waals surface area contributed by atoms with Crippen LogP contribution in [-0.2, 0) is 14.3 Å². The van der Waals surface area contributed by atoms with Crippen LogP contribution in [0.2, 0.25) is 0 Å². The minimum atomic E-state index is -0.782. The fourth-order valence-corrected chi connectivity index (χ4v) is 5.70. The van der Waals surface area contributed by atoms with Gasteiger partial charge in [-0.05, 0) is 59.8 Å². The summed E-state index contributed by atoms with van der Waals surface area (Å²) in [7, 11) is 0. The number of carboxylic acids is 1. The van der Waals surface area contributed by atoms with Crippen LogP contribution < -0.4 is 5.32 Å². The second-order valence-electron chi connectivity index (χ2n) is 10.0. The van der Waals surface area contributed by atoms with Crippen molar-refractivity contribution in [2.75, 3.05) is 26.2 Å². The van der Waals surface area contributed by atoms with Crippen molar-refractivity contribution >= 4 is 18.0 Å². The summed E-state index contributed by atoms with van der Waals surface area (Å²) in [5, 5.41) is 11.8. The average Bonchev–Trinajstić information content (AvgIpc) is 3.59. The van der Waals surface area contributed by atoms with Gasteiger partial charge in [0.05, 0.1) is 0 Å². The molecule has 2 aromatic rings. The molecule has 1 heterocycles. The topological polar surface area (TPSA) is 95.9 Å². The van der Waals surface area contributed by atoms with Gasteiger partial charge in [0, 0.05) is 37.9 Å². The summed E-state index contributed by atoms with van der Waals surface area (Å²) in [6.07, 6.45) is 3.01. The van der Waals surface area contributed by atoms with Crippen molar-refractivity contribution < 1.29 is 24.2 Å². The van der Waals surface area contributed by atoms with Crippen molar-refractivity contribution in [3.8, 4) is 11.1 Å². The third kappa shape index (κ3) is 5.19. The molecule has 2 aliphatic carbocycles. The fourth-order valence-electron chi connectivity index (χ4n) is 5.70. The first kappa shape index (κ1) is 23.4. The molecule has 184 valence electrons. The van der Waals surface area contributed by atoms with Crippen LogP contribution in [0, 0.1) is 17.8 Å². The van der Waals surface area contributed by atoms with E-state index in [9.17, 15) is 14.4 Å². The van der Waals surface area contributed by atoms with Gasteiger partial charge in [0.25, 0.3) is 0 Å². The third-order valence-electron chi connectivity index (χ3n) is 7.69. The molecule has 1 aliphatic heterocycles. The number of benzene rings is 2. The highest BCUT2D eigenvalue weighted by Gasteiger charge is 2.45. The maximum atomic E-state index is 12.9. The molecule has 1 unspecified atom stereocenters. The second-order valence-corrected chi connectivity index (χ2v) is 10.0. The molecule has 1 saturated carbocycles. The standard InChI is InChI=1S/C28H32N2O5/c31-26(32)12-11-18-6-5-13-30(16-18)27(33)24-14-19(24)15-29-28(34)35-17-25-22-9-3-1-7-20(22)21-8-2-4-10-23(21)25/h1-4,7-10,18-19,24-25H,5-6,11-17H2,(H,29,34)(H,31,32)/t18?,19-,24-/m1/s1. The quantitative estimate of drug-likeness (QED) is 0.593. The number of piperidine rings is 1. The Morgan fingerprint density at radius 2 is 1.71 bits per heavy atom. The van der Waals surface area contributed by atoms with Gasteiger partial charge in [0.2, 0.25) is 5.91 Å². The van der Waals surface area contributed by atoms with E-state index in [4.69, 9.17) is 9.84 Å². The van der Waals surface area contributed by atoms with Gasteiger partial charge in [-0.1, -0.05) is 48.5 Å². The van der Waals surface area contributed by atoms with Crippen molar-refractivity contribution in [3.63, 3.8) is 0 Å². The van der Waals surface area contributed by atoms with E-state index in [0.29, 0.717) is 19.5 Å². The molecule has 0 aromatic heterocycles. The number of hydrogen-bond acceptors (Lipinski definition) is 4. The first-order valence-corrected chi connectivity index (χ1v) is 12.6. The minimum Gasteiger partial charge on any atom is -0.481 e. The van der Waals surface area contributed by atoms with Crippen molar-refractivity contribution in [1.82, 2.24) is 10.2 Å². The van der Waals surface area contributed by atoms with Crippen molar-refractivity contribution in [2.45, 2.75) is 38.0 Å². The van der Waals surface area contributed by atoms with Gasteiger partial charge in [0.15, 0.2) is 0 Å². The van der Waals surface area contributed by atoms with E-state index in [1.807, 2.05) is 29.2 Å². The maximum absolute atomic E-state index is 12.9. The predicted molar refractivity (Wildman–Crippen MR) is 131 cm³/mol. The smallest absolute Gasteiger partial charge is 0.407 e. The lowest BCUT2D eigenvalue weighted by Gasteiger charge is -2.33. The lowest BCUT2D eigenvalue weighted by atomic mass is 9.93. The summed E-state index contributed by atoms with van der Waals surface area (Å²) in [5.74, 6) is -0.264. The highest BCUT2D eigenvalue weighted by Crippen LogP contribution is 2.44. The Hall–Kier alpha value is -3.35. The molecular formula is C28H32N2O5. The van der Waals surface area contributed by atoms with Gasteiger partial charge in [-0.3, -0.25) is 9.59 Å². The van der Waals surface area contributed by atoms with Crippen LogP contribution in [0.15, 0.2) is 48.5 Å². The molecule has 7 heteroatoms. The zero-order chi connectivity index (χ0) is 24.4. The first-order chi connectivity index (χ1) is 17.0. The number of carboxylic acid groups (broad SMARTS) is 1. The largest absolute Gasteiger partial charge is 0.481 e. The normalized spacial score (nSPS) is 22.7. The second kappa shape index (κ2) is 10.1. The van der Waals surface area contributed by atoms with Crippen LogP contribution in [-0.4, -0.2) is 54.2 Å². The highest BCUT2D eigenvalue weighted by atomic mass is 16.5. The van der Waals surface area contributed by atoms with E-state index in [1.54, 1.807) is 0 Å². The van der Waals surface area contributed by atoms with E-state index in [-0.39, 0.29) is 42.6 Å². The van der Waals surface area contributed by atoms with Gasteiger partial charge in [-0.25, -0.2) is 4.79 Å². The van der Waals surface area contributed by atoms with E-state index in [2.05, 4.69) is 29.6 Å². The van der Waals surface area contributed by atoms with Crippen LogP contribution in [0.4, 0.5) is 4.79 Å². The Bertz CT molecular complexity index is 1070. The number of carbonyl (C=O) groups is 3. The van der Waals surface area contributed by atoms with Crippen LogP contribution in [0.5, 0.6) is 0 Å². The van der Waals surface area contributed by atoms with Crippen LogP contribution in [0.3, 0.4) is 0 Å². The predicted octanol–water partition coefficient (Wildman–Crippen LogP) is 4.26. The summed E-state index contributed by atoms with van der Waals surface area (Å²) in [6, 6.07) is 16.5. The molecular weight excluding hydrogens is 444 g/mol. The SMILES string of the molecule is O=C(O)CCC1CCCN(C(=O)[C@@H]2C[C@@H]2CNC(=O)OCC2c3ccccc3-c3ccccc32)C1. The van der Waals surface area contributed by atoms with Crippen molar-refractivity contribution in [2.24, 2.45) is 17.8 Å². The fraction of sp³-hybridized carbons (Fsp3) is 0.464. The lowest BCUT2D eigenvalue weighted by Crippen LogP contribution is -2.41. The van der Waals surface area contributed by atoms with Crippen LogP contribution in [0.1, 0.15) is 49.1 Å². The monoisotopic (exact) mass is 476 g/mol. The number of aliphatic carboxylic acids is 1. The lowest BCUT2D eigenvalue weighted by molar-refractivity contribution is -0.137. The summed E-state index contributed by atoms with van der Waals surface area (Å²) in [5.41, 5.74) is 4.74. The molecule has 2 aromatic carbocycles.